The molecular weight excluding hydrogens is 295 g/mol. The van der Waals surface area contributed by atoms with Crippen LogP contribution in [0.25, 0.3) is 0 Å². The number of amides is 1. The predicted octanol–water partition coefficient (Wildman–Crippen LogP) is 3.54. The van der Waals surface area contributed by atoms with Crippen molar-refractivity contribution in [3.05, 3.63) is 53.3 Å². The Morgan fingerprint density at radius 1 is 1.29 bits per heavy atom. The molecule has 4 nitrogen and oxygen atoms in total. The maximum atomic E-state index is 13.5. The van der Waals surface area contributed by atoms with Crippen molar-refractivity contribution in [2.45, 2.75) is 0 Å². The molecule has 1 amide bonds. The Morgan fingerprint density at radius 3 is 2.81 bits per heavy atom. The van der Waals surface area contributed by atoms with Crippen LogP contribution < -0.4 is 15.4 Å². The Morgan fingerprint density at radius 2 is 2.10 bits per heavy atom. The summed E-state index contributed by atoms with van der Waals surface area (Å²) in [6, 6.07) is 11.2. The van der Waals surface area contributed by atoms with Crippen molar-refractivity contribution >= 4 is 28.9 Å². The van der Waals surface area contributed by atoms with Gasteiger partial charge in [0.15, 0.2) is 0 Å². The largest absolute Gasteiger partial charge is 0.497 e. The minimum Gasteiger partial charge on any atom is -0.497 e. The molecule has 0 spiro atoms. The molecule has 110 valence electrons. The highest BCUT2D eigenvalue weighted by molar-refractivity contribution is 6.30. The summed E-state index contributed by atoms with van der Waals surface area (Å²) in [5.41, 5.74) is 0.831. The van der Waals surface area contributed by atoms with E-state index in [0.717, 1.165) is 0 Å². The van der Waals surface area contributed by atoms with Crippen molar-refractivity contribution in [3.63, 3.8) is 0 Å². The average Bonchev–Trinajstić information content (AvgIpc) is 2.46. The fraction of sp³-hybridized carbons (Fsp3) is 0.133. The number of carbonyl (C=O) groups excluding carboxylic acids is 1. The number of rotatable bonds is 5. The zero-order valence-electron chi connectivity index (χ0n) is 11.3. The SMILES string of the molecule is COc1cccc(NC(=O)CNc2ccc(Cl)cc2F)c1. The molecule has 0 atom stereocenters. The highest BCUT2D eigenvalue weighted by Gasteiger charge is 2.06. The summed E-state index contributed by atoms with van der Waals surface area (Å²) in [5, 5.41) is 5.70. The van der Waals surface area contributed by atoms with Crippen LogP contribution in [0.4, 0.5) is 15.8 Å². The minimum absolute atomic E-state index is 0.0598. The second kappa shape index (κ2) is 6.95. The molecule has 0 heterocycles. The van der Waals surface area contributed by atoms with Crippen molar-refractivity contribution in [2.24, 2.45) is 0 Å². The summed E-state index contributed by atoms with van der Waals surface area (Å²) >= 11 is 5.66. The van der Waals surface area contributed by atoms with E-state index < -0.39 is 5.82 Å². The van der Waals surface area contributed by atoms with Gasteiger partial charge in [-0.1, -0.05) is 17.7 Å². The third kappa shape index (κ3) is 4.36. The minimum atomic E-state index is -0.503. The number of hydrogen-bond donors (Lipinski definition) is 2. The lowest BCUT2D eigenvalue weighted by Gasteiger charge is -2.09. The second-order valence-corrected chi connectivity index (χ2v) is 4.69. The third-order valence-electron chi connectivity index (χ3n) is 2.72. The summed E-state index contributed by atoms with van der Waals surface area (Å²) < 4.78 is 18.6. The number of ether oxygens (including phenoxy) is 1. The highest BCUT2D eigenvalue weighted by Crippen LogP contribution is 2.19. The van der Waals surface area contributed by atoms with Crippen LogP contribution in [0.2, 0.25) is 5.02 Å². The van der Waals surface area contributed by atoms with Gasteiger partial charge in [-0.15, -0.1) is 0 Å². The van der Waals surface area contributed by atoms with Gasteiger partial charge in [-0.3, -0.25) is 4.79 Å². The Labute approximate surface area is 126 Å². The number of hydrogen-bond acceptors (Lipinski definition) is 3. The monoisotopic (exact) mass is 308 g/mol. The van der Waals surface area contributed by atoms with Gasteiger partial charge in [-0.25, -0.2) is 4.39 Å². The van der Waals surface area contributed by atoms with Gasteiger partial charge in [-0.2, -0.15) is 0 Å². The van der Waals surface area contributed by atoms with Gasteiger partial charge >= 0.3 is 0 Å². The number of carbonyl (C=O) groups is 1. The van der Waals surface area contributed by atoms with Gasteiger partial charge in [0.25, 0.3) is 0 Å². The molecule has 0 aliphatic heterocycles. The average molecular weight is 309 g/mol. The van der Waals surface area contributed by atoms with E-state index in [-0.39, 0.29) is 18.1 Å². The lowest BCUT2D eigenvalue weighted by atomic mass is 10.3. The van der Waals surface area contributed by atoms with Gasteiger partial charge < -0.3 is 15.4 Å². The molecule has 0 saturated carbocycles. The number of nitrogens with one attached hydrogen (secondary N) is 2. The van der Waals surface area contributed by atoms with Gasteiger partial charge in [0.2, 0.25) is 5.91 Å². The predicted molar refractivity (Wildman–Crippen MR) is 81.5 cm³/mol. The first-order chi connectivity index (χ1) is 10.1. The summed E-state index contributed by atoms with van der Waals surface area (Å²) in [6.45, 7) is -0.0598. The molecule has 0 bridgehead atoms. The Balaban J connectivity index is 1.92. The zero-order valence-corrected chi connectivity index (χ0v) is 12.1. The van der Waals surface area contributed by atoms with Crippen molar-refractivity contribution in [3.8, 4) is 5.75 Å². The van der Waals surface area contributed by atoms with Gasteiger partial charge in [0, 0.05) is 16.8 Å². The molecule has 0 radical (unpaired) electrons. The Kier molecular flexibility index (Phi) is 5.00. The topological polar surface area (TPSA) is 50.4 Å². The molecule has 2 aromatic carbocycles. The van der Waals surface area contributed by atoms with E-state index in [1.54, 1.807) is 37.4 Å². The molecule has 0 aliphatic rings. The molecule has 2 N–H and O–H groups in total. The standard InChI is InChI=1S/C15H14ClFN2O2/c1-21-12-4-2-3-11(8-12)19-15(20)9-18-14-6-5-10(16)7-13(14)17/h2-8,18H,9H2,1H3,(H,19,20). The number of benzene rings is 2. The lowest BCUT2D eigenvalue weighted by Crippen LogP contribution is -2.22. The molecule has 0 saturated heterocycles. The van der Waals surface area contributed by atoms with Gasteiger partial charge in [0.05, 0.1) is 19.3 Å². The lowest BCUT2D eigenvalue weighted by molar-refractivity contribution is -0.114. The Hall–Kier alpha value is -2.27. The molecule has 0 fully saturated rings. The van der Waals surface area contributed by atoms with E-state index in [4.69, 9.17) is 16.3 Å². The fourth-order valence-corrected chi connectivity index (χ4v) is 1.87. The zero-order chi connectivity index (χ0) is 15.2. The van der Waals surface area contributed by atoms with E-state index in [9.17, 15) is 9.18 Å². The first kappa shape index (κ1) is 15.1. The third-order valence-corrected chi connectivity index (χ3v) is 2.96. The van der Waals surface area contributed by atoms with Gasteiger partial charge in [-0.05, 0) is 30.3 Å². The van der Waals surface area contributed by atoms with Gasteiger partial charge in [0.1, 0.15) is 11.6 Å². The molecule has 21 heavy (non-hydrogen) atoms. The summed E-state index contributed by atoms with van der Waals surface area (Å²) in [6.07, 6.45) is 0. The molecule has 6 heteroatoms. The van der Waals surface area contributed by atoms with Crippen LogP contribution in [0.5, 0.6) is 5.75 Å². The molecule has 0 aromatic heterocycles. The molecule has 2 rings (SSSR count). The fourth-order valence-electron chi connectivity index (χ4n) is 1.71. The first-order valence-electron chi connectivity index (χ1n) is 6.21. The van der Waals surface area contributed by atoms with E-state index >= 15 is 0 Å². The second-order valence-electron chi connectivity index (χ2n) is 4.26. The summed E-state index contributed by atoms with van der Waals surface area (Å²) in [7, 11) is 1.55. The van der Waals surface area contributed by atoms with Crippen LogP contribution in [0.3, 0.4) is 0 Å². The summed E-state index contributed by atoms with van der Waals surface area (Å²) in [5.74, 6) is -0.154. The number of halogens is 2. The van der Waals surface area contributed by atoms with Crippen LogP contribution in [0.1, 0.15) is 0 Å². The van der Waals surface area contributed by atoms with Crippen molar-refractivity contribution in [1.29, 1.82) is 0 Å². The molecule has 2 aromatic rings. The van der Waals surface area contributed by atoms with Crippen LogP contribution in [0.15, 0.2) is 42.5 Å². The quantitative estimate of drug-likeness (QED) is 0.888. The number of methoxy groups -OCH3 is 1. The van der Waals surface area contributed by atoms with E-state index in [1.807, 2.05) is 0 Å². The molecule has 0 unspecified atom stereocenters. The summed E-state index contributed by atoms with van der Waals surface area (Å²) in [4.78, 5) is 11.8. The molecule has 0 aliphatic carbocycles. The Bertz CT molecular complexity index is 649. The maximum absolute atomic E-state index is 13.5. The highest BCUT2D eigenvalue weighted by atomic mass is 35.5. The first-order valence-corrected chi connectivity index (χ1v) is 6.59. The van der Waals surface area contributed by atoms with Crippen LogP contribution in [-0.2, 0) is 4.79 Å². The van der Waals surface area contributed by atoms with Crippen molar-refractivity contribution < 1.29 is 13.9 Å². The van der Waals surface area contributed by atoms with Crippen LogP contribution >= 0.6 is 11.6 Å². The van der Waals surface area contributed by atoms with Crippen LogP contribution in [-0.4, -0.2) is 19.6 Å². The smallest absolute Gasteiger partial charge is 0.243 e. The number of anilines is 2. The maximum Gasteiger partial charge on any atom is 0.243 e. The molecular formula is C15H14ClFN2O2. The normalized spacial score (nSPS) is 10.0. The van der Waals surface area contributed by atoms with Crippen molar-refractivity contribution in [2.75, 3.05) is 24.3 Å². The van der Waals surface area contributed by atoms with E-state index in [0.29, 0.717) is 16.5 Å². The van der Waals surface area contributed by atoms with Crippen LogP contribution in [0, 0.1) is 5.82 Å². The van der Waals surface area contributed by atoms with E-state index in [2.05, 4.69) is 10.6 Å². The van der Waals surface area contributed by atoms with Crippen molar-refractivity contribution in [1.82, 2.24) is 0 Å². The van der Waals surface area contributed by atoms with E-state index in [1.165, 1.54) is 12.1 Å².